The first-order valence-electron chi connectivity index (χ1n) is 7.27. The SMILES string of the molecule is Cc1sc2c(N)nc(-c3ccccn3)nc2c1-c1ccccc1. The standard InChI is InChI=1S/C18H14N4S/c1-11-14(12-7-3-2-4-8-12)15-16(23-11)17(19)22-18(21-15)13-9-5-6-10-20-13/h2-10H,1H3,(H2,19,21,22). The Hall–Kier alpha value is -2.79. The Morgan fingerprint density at radius 3 is 2.48 bits per heavy atom. The van der Waals surface area contributed by atoms with Crippen molar-refractivity contribution in [1.29, 1.82) is 0 Å². The van der Waals surface area contributed by atoms with E-state index in [0.29, 0.717) is 11.6 Å². The van der Waals surface area contributed by atoms with E-state index in [1.54, 1.807) is 17.5 Å². The zero-order chi connectivity index (χ0) is 15.8. The fourth-order valence-corrected chi connectivity index (χ4v) is 3.68. The second-order valence-corrected chi connectivity index (χ2v) is 6.45. The topological polar surface area (TPSA) is 64.7 Å². The van der Waals surface area contributed by atoms with Gasteiger partial charge in [-0.1, -0.05) is 36.4 Å². The molecule has 0 fully saturated rings. The molecule has 0 saturated heterocycles. The lowest BCUT2D eigenvalue weighted by Crippen LogP contribution is -1.97. The third-order valence-electron chi connectivity index (χ3n) is 3.69. The van der Waals surface area contributed by atoms with E-state index in [0.717, 1.165) is 27.0 Å². The average Bonchev–Trinajstić information content (AvgIpc) is 2.93. The van der Waals surface area contributed by atoms with E-state index in [4.69, 9.17) is 10.7 Å². The molecule has 2 N–H and O–H groups in total. The number of aryl methyl sites for hydroxylation is 1. The third kappa shape index (κ3) is 2.35. The van der Waals surface area contributed by atoms with Gasteiger partial charge in [0.1, 0.15) is 11.5 Å². The molecule has 3 aromatic heterocycles. The van der Waals surface area contributed by atoms with E-state index < -0.39 is 0 Å². The first-order valence-corrected chi connectivity index (χ1v) is 8.09. The summed E-state index contributed by atoms with van der Waals surface area (Å²) in [6, 6.07) is 15.9. The second-order valence-electron chi connectivity index (χ2n) is 5.22. The Morgan fingerprint density at radius 2 is 1.74 bits per heavy atom. The van der Waals surface area contributed by atoms with Gasteiger partial charge >= 0.3 is 0 Å². The number of thiophene rings is 1. The minimum atomic E-state index is 0.505. The van der Waals surface area contributed by atoms with Crippen LogP contribution in [-0.4, -0.2) is 15.0 Å². The minimum absolute atomic E-state index is 0.505. The van der Waals surface area contributed by atoms with Gasteiger partial charge in [-0.15, -0.1) is 11.3 Å². The van der Waals surface area contributed by atoms with Gasteiger partial charge in [0, 0.05) is 16.6 Å². The van der Waals surface area contributed by atoms with Crippen molar-refractivity contribution < 1.29 is 0 Å². The van der Waals surface area contributed by atoms with Crippen LogP contribution in [-0.2, 0) is 0 Å². The van der Waals surface area contributed by atoms with Crippen molar-refractivity contribution in [2.24, 2.45) is 0 Å². The van der Waals surface area contributed by atoms with Crippen LogP contribution in [0.2, 0.25) is 0 Å². The molecule has 0 aliphatic carbocycles. The molecule has 4 aromatic rings. The number of anilines is 1. The molecule has 4 nitrogen and oxygen atoms in total. The lowest BCUT2D eigenvalue weighted by Gasteiger charge is -2.04. The summed E-state index contributed by atoms with van der Waals surface area (Å²) in [7, 11) is 0. The van der Waals surface area contributed by atoms with Crippen LogP contribution >= 0.6 is 11.3 Å². The number of nitrogens with two attached hydrogens (primary N) is 1. The van der Waals surface area contributed by atoms with Crippen LogP contribution in [0.3, 0.4) is 0 Å². The highest BCUT2D eigenvalue weighted by molar-refractivity contribution is 7.20. The predicted octanol–water partition coefficient (Wildman–Crippen LogP) is 4.31. The lowest BCUT2D eigenvalue weighted by atomic mass is 10.1. The molecular weight excluding hydrogens is 304 g/mol. The van der Waals surface area contributed by atoms with Crippen molar-refractivity contribution in [3.8, 4) is 22.6 Å². The zero-order valence-electron chi connectivity index (χ0n) is 12.5. The number of rotatable bonds is 2. The molecule has 0 aliphatic rings. The van der Waals surface area contributed by atoms with Crippen LogP contribution in [0.25, 0.3) is 32.9 Å². The van der Waals surface area contributed by atoms with Gasteiger partial charge in [0.05, 0.1) is 10.2 Å². The zero-order valence-corrected chi connectivity index (χ0v) is 13.3. The van der Waals surface area contributed by atoms with Crippen molar-refractivity contribution in [3.05, 3.63) is 59.6 Å². The van der Waals surface area contributed by atoms with E-state index in [9.17, 15) is 0 Å². The fraction of sp³-hybridized carbons (Fsp3) is 0.0556. The molecule has 0 spiro atoms. The Balaban J connectivity index is 2.02. The Labute approximate surface area is 137 Å². The number of hydrogen-bond donors (Lipinski definition) is 1. The van der Waals surface area contributed by atoms with Crippen LogP contribution in [0, 0.1) is 6.92 Å². The molecule has 112 valence electrons. The van der Waals surface area contributed by atoms with Crippen molar-refractivity contribution in [3.63, 3.8) is 0 Å². The molecule has 0 unspecified atom stereocenters. The van der Waals surface area contributed by atoms with Crippen LogP contribution in [0.5, 0.6) is 0 Å². The monoisotopic (exact) mass is 318 g/mol. The van der Waals surface area contributed by atoms with Crippen molar-refractivity contribution in [2.45, 2.75) is 6.92 Å². The van der Waals surface area contributed by atoms with E-state index in [1.807, 2.05) is 36.4 Å². The lowest BCUT2D eigenvalue weighted by molar-refractivity contribution is 1.19. The predicted molar refractivity (Wildman–Crippen MR) is 95.2 cm³/mol. The third-order valence-corrected chi connectivity index (χ3v) is 4.81. The van der Waals surface area contributed by atoms with Gasteiger partial charge in [-0.05, 0) is 24.6 Å². The average molecular weight is 318 g/mol. The molecular formula is C18H14N4S. The molecule has 1 aromatic carbocycles. The molecule has 3 heterocycles. The van der Waals surface area contributed by atoms with Gasteiger partial charge in [0.25, 0.3) is 0 Å². The van der Waals surface area contributed by atoms with Crippen molar-refractivity contribution in [2.75, 3.05) is 5.73 Å². The molecule has 0 saturated carbocycles. The van der Waals surface area contributed by atoms with Gasteiger partial charge in [-0.3, -0.25) is 4.98 Å². The highest BCUT2D eigenvalue weighted by Crippen LogP contribution is 2.39. The Bertz CT molecular complexity index is 978. The van der Waals surface area contributed by atoms with Gasteiger partial charge in [-0.25, -0.2) is 9.97 Å². The van der Waals surface area contributed by atoms with Crippen LogP contribution < -0.4 is 5.73 Å². The quantitative estimate of drug-likeness (QED) is 0.598. The van der Waals surface area contributed by atoms with Gasteiger partial charge in [0.2, 0.25) is 0 Å². The summed E-state index contributed by atoms with van der Waals surface area (Å²) in [5.74, 6) is 1.07. The maximum Gasteiger partial charge on any atom is 0.180 e. The maximum atomic E-state index is 6.19. The normalized spacial score (nSPS) is 11.0. The summed E-state index contributed by atoms with van der Waals surface area (Å²) in [6.07, 6.45) is 1.73. The van der Waals surface area contributed by atoms with E-state index >= 15 is 0 Å². The van der Waals surface area contributed by atoms with E-state index in [1.165, 1.54) is 4.88 Å². The number of hydrogen-bond acceptors (Lipinski definition) is 5. The summed E-state index contributed by atoms with van der Waals surface area (Å²) in [6.45, 7) is 2.09. The van der Waals surface area contributed by atoms with Gasteiger partial charge in [0.15, 0.2) is 5.82 Å². The maximum absolute atomic E-state index is 6.19. The van der Waals surface area contributed by atoms with Crippen molar-refractivity contribution >= 4 is 27.4 Å². The summed E-state index contributed by atoms with van der Waals surface area (Å²) in [5, 5.41) is 0. The number of nitrogen functional groups attached to an aromatic ring is 1. The molecule has 0 amide bonds. The highest BCUT2D eigenvalue weighted by atomic mass is 32.1. The summed E-state index contributed by atoms with van der Waals surface area (Å²) in [4.78, 5) is 14.7. The Morgan fingerprint density at radius 1 is 0.957 bits per heavy atom. The number of aromatic nitrogens is 3. The van der Waals surface area contributed by atoms with E-state index in [-0.39, 0.29) is 0 Å². The number of nitrogens with zero attached hydrogens (tertiary/aromatic N) is 3. The van der Waals surface area contributed by atoms with Gasteiger partial charge in [-0.2, -0.15) is 0 Å². The van der Waals surface area contributed by atoms with Crippen molar-refractivity contribution in [1.82, 2.24) is 15.0 Å². The molecule has 23 heavy (non-hydrogen) atoms. The minimum Gasteiger partial charge on any atom is -0.382 e. The molecule has 5 heteroatoms. The van der Waals surface area contributed by atoms with Crippen LogP contribution in [0.4, 0.5) is 5.82 Å². The highest BCUT2D eigenvalue weighted by Gasteiger charge is 2.17. The first-order chi connectivity index (χ1) is 11.2. The summed E-state index contributed by atoms with van der Waals surface area (Å²) >= 11 is 1.63. The van der Waals surface area contributed by atoms with Crippen LogP contribution in [0.1, 0.15) is 4.88 Å². The molecule has 0 radical (unpaired) electrons. The molecule has 0 bridgehead atoms. The number of fused-ring (bicyclic) bond motifs is 1. The molecule has 0 aliphatic heterocycles. The number of benzene rings is 1. The Kier molecular flexibility index (Phi) is 3.28. The largest absolute Gasteiger partial charge is 0.382 e. The van der Waals surface area contributed by atoms with E-state index in [2.05, 4.69) is 29.0 Å². The smallest absolute Gasteiger partial charge is 0.180 e. The summed E-state index contributed by atoms with van der Waals surface area (Å²) < 4.78 is 0.932. The molecule has 4 rings (SSSR count). The van der Waals surface area contributed by atoms with Gasteiger partial charge < -0.3 is 5.73 Å². The fourth-order valence-electron chi connectivity index (χ4n) is 2.66. The second kappa shape index (κ2) is 5.44. The number of pyridine rings is 1. The molecule has 0 atom stereocenters. The van der Waals surface area contributed by atoms with Crippen LogP contribution in [0.15, 0.2) is 54.7 Å². The summed E-state index contributed by atoms with van der Waals surface area (Å²) in [5.41, 5.74) is 10.1. The first kappa shape index (κ1) is 13.8.